The van der Waals surface area contributed by atoms with Gasteiger partial charge in [-0.1, -0.05) is 82.8 Å². The van der Waals surface area contributed by atoms with Crippen LogP contribution in [0.1, 0.15) is 32.6 Å². The number of phenols is 1. The molecule has 0 unspecified atom stereocenters. The van der Waals surface area contributed by atoms with Gasteiger partial charge < -0.3 is 10.0 Å². The summed E-state index contributed by atoms with van der Waals surface area (Å²) in [5.74, 6) is -1.99. The second-order valence-electron chi connectivity index (χ2n) is 10.9. The Labute approximate surface area is 296 Å². The third-order valence-electron chi connectivity index (χ3n) is 7.29. The summed E-state index contributed by atoms with van der Waals surface area (Å²) >= 11 is 24.6. The molecule has 13 heteroatoms. The third kappa shape index (κ3) is 8.85. The predicted molar refractivity (Wildman–Crippen MR) is 184 cm³/mol. The van der Waals surface area contributed by atoms with E-state index in [0.717, 1.165) is 10.4 Å². The molecule has 0 aliphatic heterocycles. The Morgan fingerprint density at radius 1 is 0.625 bits per heavy atom. The van der Waals surface area contributed by atoms with Crippen molar-refractivity contribution in [3.8, 4) is 5.75 Å². The van der Waals surface area contributed by atoms with Crippen LogP contribution in [-0.2, 0) is 36.2 Å². The maximum absolute atomic E-state index is 14.0. The summed E-state index contributed by atoms with van der Waals surface area (Å²) in [5.41, 5.74) is 2.48. The first-order valence-corrected chi connectivity index (χ1v) is 17.2. The fourth-order valence-corrected chi connectivity index (χ4v) is 7.75. The lowest BCUT2D eigenvalue weighted by Crippen LogP contribution is -2.31. The number of sulfonamides is 1. The number of carbonyl (C=O) groups excluding carboxylic acids is 1. The van der Waals surface area contributed by atoms with Crippen LogP contribution in [0.3, 0.4) is 0 Å². The van der Waals surface area contributed by atoms with E-state index in [4.69, 9.17) is 46.4 Å². The van der Waals surface area contributed by atoms with Gasteiger partial charge in [-0.05, 0) is 89.0 Å². The Morgan fingerprint density at radius 2 is 1.15 bits per heavy atom. The summed E-state index contributed by atoms with van der Waals surface area (Å²) in [6, 6.07) is 24.7. The van der Waals surface area contributed by atoms with Crippen molar-refractivity contribution >= 4 is 62.3 Å². The monoisotopic (exact) mass is 748 g/mol. The lowest BCUT2D eigenvalue weighted by molar-refractivity contribution is 0.0730. The first kappa shape index (κ1) is 35.6. The van der Waals surface area contributed by atoms with E-state index < -0.39 is 38.2 Å². The lowest BCUT2D eigenvalue weighted by Gasteiger charge is -2.25. The summed E-state index contributed by atoms with van der Waals surface area (Å²) in [6.45, 7) is -0.225. The molecule has 5 aromatic rings. The van der Waals surface area contributed by atoms with Crippen LogP contribution >= 0.6 is 46.4 Å². The Bertz CT molecular complexity index is 2040. The molecule has 1 amide bonds. The first-order chi connectivity index (χ1) is 22.8. The van der Waals surface area contributed by atoms with Crippen molar-refractivity contribution in [2.45, 2.75) is 31.1 Å². The van der Waals surface area contributed by atoms with Crippen LogP contribution < -0.4 is 0 Å². The highest BCUT2D eigenvalue weighted by atomic mass is 35.5. The predicted octanol–water partition coefficient (Wildman–Crippen LogP) is 9.52. The highest BCUT2D eigenvalue weighted by Gasteiger charge is 2.30. The van der Waals surface area contributed by atoms with Crippen molar-refractivity contribution in [2.24, 2.45) is 0 Å². The molecule has 1 N–H and O–H groups in total. The summed E-state index contributed by atoms with van der Waals surface area (Å²) in [7, 11) is -4.46. The van der Waals surface area contributed by atoms with Crippen molar-refractivity contribution in [1.82, 2.24) is 9.21 Å². The van der Waals surface area contributed by atoms with Crippen molar-refractivity contribution in [1.29, 1.82) is 0 Å². The number of benzene rings is 5. The van der Waals surface area contributed by atoms with Gasteiger partial charge in [-0.25, -0.2) is 17.2 Å². The van der Waals surface area contributed by atoms with E-state index in [1.807, 2.05) is 0 Å². The van der Waals surface area contributed by atoms with Gasteiger partial charge in [0.05, 0.1) is 5.02 Å². The number of hydrogen-bond donors (Lipinski definition) is 1. The van der Waals surface area contributed by atoms with Crippen LogP contribution in [0.15, 0.2) is 108 Å². The molecule has 48 heavy (non-hydrogen) atoms. The van der Waals surface area contributed by atoms with Crippen molar-refractivity contribution in [3.05, 3.63) is 163 Å². The van der Waals surface area contributed by atoms with Gasteiger partial charge in [-0.3, -0.25) is 4.79 Å². The van der Waals surface area contributed by atoms with Crippen LogP contribution in [0.5, 0.6) is 5.75 Å². The zero-order valence-corrected chi connectivity index (χ0v) is 28.7. The molecule has 0 heterocycles. The van der Waals surface area contributed by atoms with E-state index in [1.54, 1.807) is 54.6 Å². The molecule has 0 saturated heterocycles. The molecule has 0 bridgehead atoms. The van der Waals surface area contributed by atoms with E-state index >= 15 is 0 Å². The molecular formula is C35H26Cl4F2N2O4S. The zero-order chi connectivity index (χ0) is 34.6. The molecular weight excluding hydrogens is 724 g/mol. The maximum atomic E-state index is 14.0. The molecule has 0 fully saturated rings. The standard InChI is InChI=1S/C35H26Cl4F2N2O4S/c36-27-13-25(14-28(37)15-27)19-42(18-22-4-8-30(40)9-5-22)35(45)26-3-1-2-24(12-26)21-43(20-23-6-10-31(41)11-7-23)48(46,47)33-17-29(38)16-32(39)34(33)44/h1-17,44H,18-21H2. The normalized spacial score (nSPS) is 11.6. The molecule has 248 valence electrons. The molecule has 0 aliphatic carbocycles. The van der Waals surface area contributed by atoms with E-state index in [0.29, 0.717) is 32.3 Å². The summed E-state index contributed by atoms with van der Waals surface area (Å²) in [4.78, 5) is 15.1. The highest BCUT2D eigenvalue weighted by molar-refractivity contribution is 7.89. The summed E-state index contributed by atoms with van der Waals surface area (Å²) in [5, 5.41) is 11.1. The molecule has 6 nitrogen and oxygen atoms in total. The molecule has 0 radical (unpaired) electrons. The third-order valence-corrected chi connectivity index (χ3v) is 10.0. The Morgan fingerprint density at radius 3 is 1.75 bits per heavy atom. The number of aromatic hydroxyl groups is 1. The fourth-order valence-electron chi connectivity index (χ4n) is 5.02. The largest absolute Gasteiger partial charge is 0.505 e. The minimum atomic E-state index is -4.46. The molecule has 5 aromatic carbocycles. The molecule has 0 spiro atoms. The van der Waals surface area contributed by atoms with Gasteiger partial charge in [0.15, 0.2) is 5.75 Å². The highest BCUT2D eigenvalue weighted by Crippen LogP contribution is 2.36. The SMILES string of the molecule is O=C(c1cccc(CN(Cc2ccc(F)cc2)S(=O)(=O)c2cc(Cl)cc(Cl)c2O)c1)N(Cc1ccc(F)cc1)Cc1cc(Cl)cc(Cl)c1. The van der Waals surface area contributed by atoms with E-state index in [2.05, 4.69) is 0 Å². The number of hydrogen-bond acceptors (Lipinski definition) is 4. The number of nitrogens with zero attached hydrogens (tertiary/aromatic N) is 2. The van der Waals surface area contributed by atoms with Crippen LogP contribution in [0.2, 0.25) is 20.1 Å². The number of rotatable bonds is 11. The number of phenolic OH excluding ortho intramolecular Hbond substituents is 1. The van der Waals surface area contributed by atoms with Gasteiger partial charge in [-0.15, -0.1) is 0 Å². The van der Waals surface area contributed by atoms with Crippen LogP contribution in [0.4, 0.5) is 8.78 Å². The summed E-state index contributed by atoms with van der Waals surface area (Å²) in [6.07, 6.45) is 0. The summed E-state index contributed by atoms with van der Waals surface area (Å²) < 4.78 is 56.4. The maximum Gasteiger partial charge on any atom is 0.254 e. The van der Waals surface area contributed by atoms with Gasteiger partial charge in [0, 0.05) is 46.8 Å². The van der Waals surface area contributed by atoms with Gasteiger partial charge in [-0.2, -0.15) is 4.31 Å². The van der Waals surface area contributed by atoms with E-state index in [1.165, 1.54) is 47.4 Å². The minimum Gasteiger partial charge on any atom is -0.505 e. The van der Waals surface area contributed by atoms with Crippen molar-refractivity contribution in [3.63, 3.8) is 0 Å². The topological polar surface area (TPSA) is 77.9 Å². The number of carbonyl (C=O) groups is 1. The molecule has 0 atom stereocenters. The van der Waals surface area contributed by atoms with E-state index in [-0.39, 0.29) is 41.8 Å². The average molecular weight is 750 g/mol. The second-order valence-corrected chi connectivity index (χ2v) is 14.5. The molecule has 0 saturated carbocycles. The number of amides is 1. The van der Waals surface area contributed by atoms with Gasteiger partial charge in [0.25, 0.3) is 5.91 Å². The average Bonchev–Trinajstić information content (AvgIpc) is 3.03. The second kappa shape index (κ2) is 15.2. The molecule has 0 aliphatic rings. The smallest absolute Gasteiger partial charge is 0.254 e. The van der Waals surface area contributed by atoms with Gasteiger partial charge >= 0.3 is 0 Å². The number of halogens is 6. The van der Waals surface area contributed by atoms with Crippen LogP contribution in [0, 0.1) is 11.6 Å². The first-order valence-electron chi connectivity index (χ1n) is 14.3. The quantitative estimate of drug-likeness (QED) is 0.146. The Balaban J connectivity index is 1.50. The molecule has 0 aromatic heterocycles. The van der Waals surface area contributed by atoms with Gasteiger partial charge in [0.2, 0.25) is 10.0 Å². The Kier molecular flexibility index (Phi) is 11.3. The molecule has 5 rings (SSSR count). The van der Waals surface area contributed by atoms with Crippen LogP contribution in [0.25, 0.3) is 0 Å². The Hall–Kier alpha value is -3.70. The van der Waals surface area contributed by atoms with Crippen LogP contribution in [-0.4, -0.2) is 28.6 Å². The van der Waals surface area contributed by atoms with Crippen molar-refractivity contribution < 1.29 is 27.1 Å². The zero-order valence-electron chi connectivity index (χ0n) is 24.9. The van der Waals surface area contributed by atoms with Gasteiger partial charge in [0.1, 0.15) is 16.5 Å². The lowest BCUT2D eigenvalue weighted by atomic mass is 10.1. The minimum absolute atomic E-state index is 0.00654. The van der Waals surface area contributed by atoms with Crippen molar-refractivity contribution in [2.75, 3.05) is 0 Å². The van der Waals surface area contributed by atoms with E-state index in [9.17, 15) is 27.1 Å². The fraction of sp³-hybridized carbons (Fsp3) is 0.114.